The van der Waals surface area contributed by atoms with Gasteiger partial charge in [0.15, 0.2) is 11.6 Å². The second-order valence-electron chi connectivity index (χ2n) is 6.25. The van der Waals surface area contributed by atoms with Crippen LogP contribution in [0.1, 0.15) is 0 Å². The second-order valence-corrected chi connectivity index (χ2v) is 6.25. The fraction of sp³-hybridized carbons (Fsp3) is 0.0435. The van der Waals surface area contributed by atoms with E-state index in [9.17, 15) is 13.2 Å². The molecule has 134 valence electrons. The lowest BCUT2D eigenvalue weighted by Gasteiger charge is -2.09. The molecule has 0 aliphatic carbocycles. The first-order valence-corrected chi connectivity index (χ1v) is 8.38. The van der Waals surface area contributed by atoms with Crippen LogP contribution in [0.4, 0.5) is 13.2 Å². The molecule has 0 N–H and O–H groups in total. The smallest absolute Gasteiger partial charge is 0.159 e. The van der Waals surface area contributed by atoms with Gasteiger partial charge in [0.25, 0.3) is 0 Å². The van der Waals surface area contributed by atoms with Crippen molar-refractivity contribution in [3.05, 3.63) is 90.2 Å². The van der Waals surface area contributed by atoms with Crippen molar-refractivity contribution < 1.29 is 17.9 Å². The summed E-state index contributed by atoms with van der Waals surface area (Å²) in [6, 6.07) is 19.7. The molecule has 27 heavy (non-hydrogen) atoms. The monoisotopic (exact) mass is 364 g/mol. The third-order valence-corrected chi connectivity index (χ3v) is 4.58. The molecule has 4 aromatic carbocycles. The lowest BCUT2D eigenvalue weighted by atomic mass is 9.97. The van der Waals surface area contributed by atoms with Crippen molar-refractivity contribution >= 4 is 10.8 Å². The van der Waals surface area contributed by atoms with Crippen molar-refractivity contribution in [2.75, 3.05) is 7.11 Å². The van der Waals surface area contributed by atoms with E-state index < -0.39 is 17.5 Å². The lowest BCUT2D eigenvalue weighted by Crippen LogP contribution is -1.90. The summed E-state index contributed by atoms with van der Waals surface area (Å²) in [4.78, 5) is 0. The molecule has 0 aliphatic heterocycles. The van der Waals surface area contributed by atoms with E-state index in [1.807, 2.05) is 36.4 Å². The molecule has 0 aromatic heterocycles. The van der Waals surface area contributed by atoms with Crippen LogP contribution in [0.3, 0.4) is 0 Å². The molecule has 0 fully saturated rings. The van der Waals surface area contributed by atoms with E-state index in [0.29, 0.717) is 11.1 Å². The molecular weight excluding hydrogens is 349 g/mol. The lowest BCUT2D eigenvalue weighted by molar-refractivity contribution is 0.415. The Kier molecular flexibility index (Phi) is 4.32. The van der Waals surface area contributed by atoms with Gasteiger partial charge in [0, 0.05) is 5.56 Å². The van der Waals surface area contributed by atoms with E-state index in [2.05, 4.69) is 0 Å². The summed E-state index contributed by atoms with van der Waals surface area (Å²) in [6.45, 7) is 0. The predicted molar refractivity (Wildman–Crippen MR) is 101 cm³/mol. The zero-order valence-corrected chi connectivity index (χ0v) is 14.5. The van der Waals surface area contributed by atoms with E-state index in [4.69, 9.17) is 4.74 Å². The number of methoxy groups -OCH3 is 1. The highest BCUT2D eigenvalue weighted by atomic mass is 19.2. The minimum Gasteiger partial charge on any atom is -0.497 e. The van der Waals surface area contributed by atoms with Gasteiger partial charge >= 0.3 is 0 Å². The predicted octanol–water partition coefficient (Wildman–Crippen LogP) is 6.60. The second kappa shape index (κ2) is 6.80. The molecule has 0 unspecified atom stereocenters. The number of rotatable bonds is 3. The van der Waals surface area contributed by atoms with Crippen LogP contribution in [0.15, 0.2) is 72.8 Å². The molecule has 0 spiro atoms. The molecule has 0 atom stereocenters. The van der Waals surface area contributed by atoms with Crippen LogP contribution >= 0.6 is 0 Å². The van der Waals surface area contributed by atoms with Gasteiger partial charge in [-0.15, -0.1) is 0 Å². The zero-order chi connectivity index (χ0) is 19.0. The third-order valence-electron chi connectivity index (χ3n) is 4.58. The van der Waals surface area contributed by atoms with Gasteiger partial charge in [-0.1, -0.05) is 36.4 Å². The Morgan fingerprint density at radius 1 is 0.556 bits per heavy atom. The van der Waals surface area contributed by atoms with Crippen LogP contribution in [0, 0.1) is 17.5 Å². The average Bonchev–Trinajstić information content (AvgIpc) is 2.69. The van der Waals surface area contributed by atoms with Crippen molar-refractivity contribution in [2.24, 2.45) is 0 Å². The van der Waals surface area contributed by atoms with Gasteiger partial charge in [0.05, 0.1) is 7.11 Å². The Labute approximate surface area is 154 Å². The van der Waals surface area contributed by atoms with Crippen LogP contribution in [-0.4, -0.2) is 7.11 Å². The van der Waals surface area contributed by atoms with E-state index in [1.165, 1.54) is 12.1 Å². The van der Waals surface area contributed by atoms with E-state index in [-0.39, 0.29) is 5.56 Å². The van der Waals surface area contributed by atoms with E-state index in [1.54, 1.807) is 19.2 Å². The van der Waals surface area contributed by atoms with Crippen molar-refractivity contribution in [3.63, 3.8) is 0 Å². The van der Waals surface area contributed by atoms with Gasteiger partial charge in [-0.2, -0.15) is 0 Å². The highest BCUT2D eigenvalue weighted by molar-refractivity contribution is 5.88. The molecule has 0 amide bonds. The maximum Gasteiger partial charge on any atom is 0.159 e. The first-order chi connectivity index (χ1) is 13.0. The van der Waals surface area contributed by atoms with Gasteiger partial charge in [0.2, 0.25) is 0 Å². The Balaban J connectivity index is 1.73. The fourth-order valence-corrected chi connectivity index (χ4v) is 3.12. The van der Waals surface area contributed by atoms with Crippen LogP contribution in [-0.2, 0) is 0 Å². The number of hydrogen-bond donors (Lipinski definition) is 0. The van der Waals surface area contributed by atoms with Gasteiger partial charge in [0.1, 0.15) is 11.6 Å². The maximum absolute atomic E-state index is 14.6. The Morgan fingerprint density at radius 3 is 1.93 bits per heavy atom. The largest absolute Gasteiger partial charge is 0.497 e. The fourth-order valence-electron chi connectivity index (χ4n) is 3.12. The molecular formula is C23H15F3O. The Morgan fingerprint density at radius 2 is 1.19 bits per heavy atom. The molecule has 0 heterocycles. The Hall–Kier alpha value is -3.27. The summed E-state index contributed by atoms with van der Waals surface area (Å²) in [7, 11) is 1.62. The van der Waals surface area contributed by atoms with Crippen molar-refractivity contribution in [2.45, 2.75) is 0 Å². The summed E-state index contributed by atoms with van der Waals surface area (Å²) < 4.78 is 46.4. The number of halogens is 3. The molecule has 0 saturated carbocycles. The highest BCUT2D eigenvalue weighted by Crippen LogP contribution is 2.31. The molecule has 0 bridgehead atoms. The summed E-state index contributed by atoms with van der Waals surface area (Å²) >= 11 is 0. The van der Waals surface area contributed by atoms with E-state index in [0.717, 1.165) is 34.2 Å². The molecule has 0 radical (unpaired) electrons. The van der Waals surface area contributed by atoms with Gasteiger partial charge in [-0.3, -0.25) is 0 Å². The first kappa shape index (κ1) is 17.2. The van der Waals surface area contributed by atoms with Crippen LogP contribution in [0.25, 0.3) is 33.0 Å². The molecule has 4 heteroatoms. The van der Waals surface area contributed by atoms with Gasteiger partial charge in [-0.05, 0) is 63.9 Å². The normalized spacial score (nSPS) is 11.0. The number of hydrogen-bond acceptors (Lipinski definition) is 1. The van der Waals surface area contributed by atoms with Gasteiger partial charge in [-0.25, -0.2) is 13.2 Å². The SMILES string of the molecule is COc1ccc2cc(-c3ccc(-c4ccc(F)c(F)c4)c(F)c3)ccc2c1. The first-order valence-electron chi connectivity index (χ1n) is 8.38. The standard InChI is InChI=1S/C23H15F3O/c1-27-19-7-4-15-10-14(2-3-16(15)11-19)17-5-8-20(22(25)12-17)18-6-9-21(24)23(26)13-18/h2-13H,1H3. The molecule has 0 aliphatic rings. The molecule has 1 nitrogen and oxygen atoms in total. The molecule has 0 saturated heterocycles. The zero-order valence-electron chi connectivity index (χ0n) is 14.5. The number of fused-ring (bicyclic) bond motifs is 1. The van der Waals surface area contributed by atoms with Crippen molar-refractivity contribution in [1.29, 1.82) is 0 Å². The topological polar surface area (TPSA) is 9.23 Å². The maximum atomic E-state index is 14.6. The molecule has 4 aromatic rings. The third kappa shape index (κ3) is 3.26. The van der Waals surface area contributed by atoms with Crippen LogP contribution in [0.5, 0.6) is 5.75 Å². The van der Waals surface area contributed by atoms with Crippen LogP contribution in [0.2, 0.25) is 0 Å². The Bertz CT molecular complexity index is 1150. The van der Waals surface area contributed by atoms with Crippen molar-refractivity contribution in [3.8, 4) is 28.0 Å². The van der Waals surface area contributed by atoms with Crippen molar-refractivity contribution in [1.82, 2.24) is 0 Å². The molecule has 4 rings (SSSR count). The quantitative estimate of drug-likeness (QED) is 0.398. The number of benzene rings is 4. The highest BCUT2D eigenvalue weighted by Gasteiger charge is 2.11. The minimum absolute atomic E-state index is 0.225. The number of ether oxygens (including phenoxy) is 1. The minimum atomic E-state index is -0.999. The average molecular weight is 364 g/mol. The summed E-state index contributed by atoms with van der Waals surface area (Å²) in [5.74, 6) is -1.67. The van der Waals surface area contributed by atoms with Gasteiger partial charge < -0.3 is 4.74 Å². The van der Waals surface area contributed by atoms with E-state index >= 15 is 0 Å². The summed E-state index contributed by atoms with van der Waals surface area (Å²) in [5, 5.41) is 2.04. The van der Waals surface area contributed by atoms with Crippen LogP contribution < -0.4 is 4.74 Å². The summed E-state index contributed by atoms with van der Waals surface area (Å²) in [5.41, 5.74) is 2.09. The summed E-state index contributed by atoms with van der Waals surface area (Å²) in [6.07, 6.45) is 0.